The van der Waals surface area contributed by atoms with Crippen molar-refractivity contribution in [3.63, 3.8) is 0 Å². The summed E-state index contributed by atoms with van der Waals surface area (Å²) in [7, 11) is 0. The minimum absolute atomic E-state index is 0.0564. The lowest BCUT2D eigenvalue weighted by molar-refractivity contribution is -0.197. The van der Waals surface area contributed by atoms with E-state index in [1.54, 1.807) is 0 Å². The predicted molar refractivity (Wildman–Crippen MR) is 199 cm³/mol. The zero-order valence-corrected chi connectivity index (χ0v) is 32.4. The molecule has 0 aromatic heterocycles. The maximum absolute atomic E-state index is 12.2. The highest BCUT2D eigenvalue weighted by molar-refractivity contribution is 6.01. The second-order valence-corrected chi connectivity index (χ2v) is 16.2. The number of nitrogens with zero attached hydrogens (tertiary/aromatic N) is 2. The van der Waals surface area contributed by atoms with Crippen molar-refractivity contribution in [2.24, 2.45) is 33.6 Å². The molecule has 5 rings (SSSR count). The Labute approximate surface area is 319 Å². The molecule has 3 N–H and O–H groups in total. The van der Waals surface area contributed by atoms with Crippen molar-refractivity contribution in [1.29, 1.82) is 0 Å². The first-order chi connectivity index (χ1) is 26.0. The molecule has 0 bridgehead atoms. The Morgan fingerprint density at radius 1 is 0.796 bits per heavy atom. The van der Waals surface area contributed by atoms with Crippen molar-refractivity contribution in [3.05, 3.63) is 11.6 Å². The Kier molecular flexibility index (Phi) is 15.6. The van der Waals surface area contributed by atoms with Crippen LogP contribution in [0.4, 0.5) is 0 Å². The molecule has 5 aliphatic rings. The van der Waals surface area contributed by atoms with Crippen LogP contribution in [0, 0.1) is 28.6 Å². The Morgan fingerprint density at radius 2 is 1.48 bits per heavy atom. The SMILES string of the molecule is CC12CCC(=NCOCC(=O)NCCOCCOCCNC(=O)CCCCCCC(=O)ON3C(=O)CCC3=O)C=C1CCC1C2CCC2(C)C(O)CCC12. The molecule has 1 aliphatic heterocycles. The molecule has 0 spiro atoms. The number of aliphatic imine (C=N–C) groups is 1. The smallest absolute Gasteiger partial charge is 0.333 e. The number of unbranched alkanes of at least 4 members (excludes halogenated alkanes) is 3. The minimum Gasteiger partial charge on any atom is -0.393 e. The number of amides is 4. The molecule has 1 heterocycles. The van der Waals surface area contributed by atoms with Crippen LogP contribution in [0.25, 0.3) is 0 Å². The van der Waals surface area contributed by atoms with Gasteiger partial charge in [0.15, 0.2) is 0 Å². The number of aliphatic hydroxyl groups excluding tert-OH is 1. The fourth-order valence-corrected chi connectivity index (χ4v) is 9.64. The van der Waals surface area contributed by atoms with Gasteiger partial charge in [-0.15, -0.1) is 5.06 Å². The van der Waals surface area contributed by atoms with E-state index in [-0.39, 0.29) is 61.3 Å². The monoisotopic (exact) mass is 758 g/mol. The first kappa shape index (κ1) is 42.0. The third-order valence-corrected chi connectivity index (χ3v) is 12.8. The van der Waals surface area contributed by atoms with Crippen LogP contribution in [0.15, 0.2) is 16.6 Å². The number of rotatable bonds is 21. The van der Waals surface area contributed by atoms with Gasteiger partial charge in [-0.2, -0.15) is 0 Å². The van der Waals surface area contributed by atoms with Crippen molar-refractivity contribution in [1.82, 2.24) is 15.7 Å². The molecule has 0 aromatic carbocycles. The Morgan fingerprint density at radius 3 is 2.20 bits per heavy atom. The van der Waals surface area contributed by atoms with E-state index in [9.17, 15) is 29.1 Å². The van der Waals surface area contributed by atoms with Crippen LogP contribution >= 0.6 is 0 Å². The van der Waals surface area contributed by atoms with Gasteiger partial charge in [0, 0.05) is 44.5 Å². The van der Waals surface area contributed by atoms with Crippen molar-refractivity contribution in [2.45, 2.75) is 123 Å². The number of fused-ring (bicyclic) bond motifs is 5. The molecule has 4 amide bonds. The van der Waals surface area contributed by atoms with E-state index in [4.69, 9.17) is 19.0 Å². The highest BCUT2D eigenvalue weighted by Crippen LogP contribution is 2.65. The van der Waals surface area contributed by atoms with Crippen LogP contribution in [-0.4, -0.2) is 104 Å². The van der Waals surface area contributed by atoms with E-state index in [1.807, 2.05) is 0 Å². The van der Waals surface area contributed by atoms with Crippen molar-refractivity contribution in [3.8, 4) is 0 Å². The Balaban J connectivity index is 0.809. The molecule has 54 heavy (non-hydrogen) atoms. The molecule has 0 radical (unpaired) electrons. The third-order valence-electron chi connectivity index (χ3n) is 12.8. The normalized spacial score (nSPS) is 29.7. The van der Waals surface area contributed by atoms with Gasteiger partial charge in [-0.3, -0.25) is 24.2 Å². The van der Waals surface area contributed by atoms with Gasteiger partial charge in [0.2, 0.25) is 11.8 Å². The summed E-state index contributed by atoms with van der Waals surface area (Å²) in [6.45, 7) is 7.12. The number of imide groups is 1. The minimum atomic E-state index is -0.604. The molecular formula is C40H62N4O10. The number of ether oxygens (including phenoxy) is 3. The quantitative estimate of drug-likeness (QED) is 0.115. The van der Waals surface area contributed by atoms with Gasteiger partial charge in [-0.05, 0) is 98.9 Å². The summed E-state index contributed by atoms with van der Waals surface area (Å²) in [4.78, 5) is 68.4. The number of nitrogens with one attached hydrogen (secondary N) is 2. The maximum atomic E-state index is 12.2. The van der Waals surface area contributed by atoms with Gasteiger partial charge < -0.3 is 34.8 Å². The fourth-order valence-electron chi connectivity index (χ4n) is 9.64. The van der Waals surface area contributed by atoms with Gasteiger partial charge in [0.25, 0.3) is 11.8 Å². The van der Waals surface area contributed by atoms with Crippen LogP contribution in [-0.2, 0) is 43.0 Å². The molecule has 4 aliphatic carbocycles. The van der Waals surface area contributed by atoms with E-state index >= 15 is 0 Å². The number of aliphatic hydroxyl groups is 1. The van der Waals surface area contributed by atoms with Crippen molar-refractivity contribution in [2.75, 3.05) is 52.9 Å². The van der Waals surface area contributed by atoms with E-state index in [2.05, 4.69) is 35.5 Å². The van der Waals surface area contributed by atoms with Gasteiger partial charge in [0.05, 0.1) is 32.5 Å². The van der Waals surface area contributed by atoms with Gasteiger partial charge >= 0.3 is 5.97 Å². The summed E-state index contributed by atoms with van der Waals surface area (Å²) in [5, 5.41) is 16.9. The predicted octanol–water partition coefficient (Wildman–Crippen LogP) is 3.94. The lowest BCUT2D eigenvalue weighted by Gasteiger charge is -2.57. The molecule has 0 aromatic rings. The van der Waals surface area contributed by atoms with Gasteiger partial charge in [-0.25, -0.2) is 4.79 Å². The number of carbonyl (C=O) groups excluding carboxylic acids is 5. The standard InChI is InChI=1S/C40H62N4O10/c1-39-17-15-29(25-28(39)9-10-30-31-11-12-33(45)40(31,2)18-16-32(30)39)43-27-53-26-35(47)42-20-22-52-24-23-51-21-19-41-34(46)7-5-3-4-6-8-38(50)54-44-36(48)13-14-37(44)49/h25,30-33,45H,3-24,26-27H2,1-2H3,(H,41,46)(H,42,47). The van der Waals surface area contributed by atoms with Crippen LogP contribution < -0.4 is 10.6 Å². The van der Waals surface area contributed by atoms with E-state index < -0.39 is 17.8 Å². The first-order valence-electron chi connectivity index (χ1n) is 20.3. The number of allylic oxidation sites excluding steroid dienone is 2. The van der Waals surface area contributed by atoms with Crippen LogP contribution in [0.1, 0.15) is 117 Å². The second-order valence-electron chi connectivity index (χ2n) is 16.2. The average molecular weight is 759 g/mol. The highest BCUT2D eigenvalue weighted by atomic mass is 16.7. The Hall–Kier alpha value is -3.20. The number of hydrogen-bond donors (Lipinski definition) is 3. The summed E-state index contributed by atoms with van der Waals surface area (Å²) >= 11 is 0. The first-order valence-corrected chi connectivity index (χ1v) is 20.3. The van der Waals surface area contributed by atoms with Crippen molar-refractivity contribution < 1.29 is 48.1 Å². The Bertz CT molecular complexity index is 1390. The average Bonchev–Trinajstić information content (AvgIpc) is 3.64. The zero-order valence-electron chi connectivity index (χ0n) is 32.4. The number of carbonyl (C=O) groups is 5. The summed E-state index contributed by atoms with van der Waals surface area (Å²) < 4.78 is 16.5. The second kappa shape index (κ2) is 20.1. The molecule has 14 nitrogen and oxygen atoms in total. The van der Waals surface area contributed by atoms with E-state index in [0.29, 0.717) is 75.7 Å². The molecule has 3 saturated carbocycles. The zero-order chi connectivity index (χ0) is 38.6. The van der Waals surface area contributed by atoms with Crippen LogP contribution in [0.5, 0.6) is 0 Å². The molecule has 6 atom stereocenters. The van der Waals surface area contributed by atoms with E-state index in [1.165, 1.54) is 24.8 Å². The maximum Gasteiger partial charge on any atom is 0.333 e. The summed E-state index contributed by atoms with van der Waals surface area (Å²) in [5.74, 6) is 0.202. The topological polar surface area (TPSA) is 182 Å². The molecule has 14 heteroatoms. The van der Waals surface area contributed by atoms with Gasteiger partial charge in [0.1, 0.15) is 13.3 Å². The van der Waals surface area contributed by atoms with Crippen LogP contribution in [0.3, 0.4) is 0 Å². The largest absolute Gasteiger partial charge is 0.393 e. The molecule has 4 fully saturated rings. The van der Waals surface area contributed by atoms with E-state index in [0.717, 1.165) is 56.6 Å². The molecule has 6 unspecified atom stereocenters. The fraction of sp³-hybridized carbons (Fsp3) is 0.800. The summed E-state index contributed by atoms with van der Waals surface area (Å²) in [6.07, 6.45) is 14.4. The lowest BCUT2D eigenvalue weighted by Crippen LogP contribution is -2.51. The van der Waals surface area contributed by atoms with Gasteiger partial charge in [-0.1, -0.05) is 32.3 Å². The highest BCUT2D eigenvalue weighted by Gasteiger charge is 2.58. The number of hydrogen-bond acceptors (Lipinski definition) is 11. The summed E-state index contributed by atoms with van der Waals surface area (Å²) in [5.41, 5.74) is 2.92. The molecule has 302 valence electrons. The van der Waals surface area contributed by atoms with Crippen LogP contribution in [0.2, 0.25) is 0 Å². The summed E-state index contributed by atoms with van der Waals surface area (Å²) in [6, 6.07) is 0. The number of hydroxylamine groups is 2. The third kappa shape index (κ3) is 11.0. The lowest BCUT2D eigenvalue weighted by atomic mass is 9.47. The molecule has 1 saturated heterocycles. The van der Waals surface area contributed by atoms with Crippen molar-refractivity contribution >= 4 is 35.3 Å². The molecular weight excluding hydrogens is 696 g/mol.